The van der Waals surface area contributed by atoms with Gasteiger partial charge in [0.25, 0.3) is 0 Å². The number of fused-ring (bicyclic) bond motifs is 1. The number of aromatic nitrogens is 3. The maximum atomic E-state index is 4.51. The molecule has 0 saturated carbocycles. The van der Waals surface area contributed by atoms with Gasteiger partial charge in [-0.1, -0.05) is 30.3 Å². The molecule has 0 radical (unpaired) electrons. The number of hydrogen-bond donors (Lipinski definition) is 1. The minimum Gasteiger partial charge on any atom is -0.345 e. The Morgan fingerprint density at radius 3 is 2.70 bits per heavy atom. The zero-order valence-electron chi connectivity index (χ0n) is 10.6. The standard InChI is InChI=1S/C16H11N3S/c1-2-4-11(5-3-1)12-6-13-14(15-9-20-10-19-15)8-18-16(13)17-7-12/h1-10H,(H,17,18). The van der Waals surface area contributed by atoms with Crippen molar-refractivity contribution >= 4 is 22.4 Å². The fourth-order valence-electron chi connectivity index (χ4n) is 2.35. The monoisotopic (exact) mass is 277 g/mol. The third kappa shape index (κ3) is 1.82. The molecule has 0 aliphatic carbocycles. The minimum absolute atomic E-state index is 0.896. The highest BCUT2D eigenvalue weighted by atomic mass is 32.1. The van der Waals surface area contributed by atoms with E-state index >= 15 is 0 Å². The Kier molecular flexibility index (Phi) is 2.60. The summed E-state index contributed by atoms with van der Waals surface area (Å²) in [5, 5.41) is 3.16. The van der Waals surface area contributed by atoms with Crippen molar-refractivity contribution in [2.24, 2.45) is 0 Å². The number of rotatable bonds is 2. The molecule has 0 spiro atoms. The van der Waals surface area contributed by atoms with Crippen LogP contribution in [0.3, 0.4) is 0 Å². The molecule has 3 nitrogen and oxygen atoms in total. The van der Waals surface area contributed by atoms with Crippen molar-refractivity contribution < 1.29 is 0 Å². The molecular formula is C16H11N3S. The smallest absolute Gasteiger partial charge is 0.137 e. The summed E-state index contributed by atoms with van der Waals surface area (Å²) in [5.74, 6) is 0. The molecule has 1 N–H and O–H groups in total. The number of aromatic amines is 1. The number of thiazole rings is 1. The average Bonchev–Trinajstić information content (AvgIpc) is 3.16. The van der Waals surface area contributed by atoms with Gasteiger partial charge >= 0.3 is 0 Å². The summed E-state index contributed by atoms with van der Waals surface area (Å²) >= 11 is 1.60. The second-order valence-electron chi connectivity index (χ2n) is 4.56. The zero-order valence-corrected chi connectivity index (χ0v) is 11.4. The van der Waals surface area contributed by atoms with Crippen LogP contribution in [0.2, 0.25) is 0 Å². The van der Waals surface area contributed by atoms with Crippen molar-refractivity contribution in [3.63, 3.8) is 0 Å². The maximum absolute atomic E-state index is 4.51. The summed E-state index contributed by atoms with van der Waals surface area (Å²) in [6.45, 7) is 0. The van der Waals surface area contributed by atoms with Crippen LogP contribution >= 0.6 is 11.3 Å². The molecule has 4 aromatic rings. The van der Waals surface area contributed by atoms with E-state index in [-0.39, 0.29) is 0 Å². The van der Waals surface area contributed by atoms with Gasteiger partial charge in [0.2, 0.25) is 0 Å². The minimum atomic E-state index is 0.896. The van der Waals surface area contributed by atoms with Gasteiger partial charge in [-0.15, -0.1) is 11.3 Å². The first kappa shape index (κ1) is 11.4. The molecule has 20 heavy (non-hydrogen) atoms. The van der Waals surface area contributed by atoms with Gasteiger partial charge < -0.3 is 4.98 Å². The Morgan fingerprint density at radius 2 is 1.90 bits per heavy atom. The summed E-state index contributed by atoms with van der Waals surface area (Å²) in [6, 6.07) is 12.5. The fourth-order valence-corrected chi connectivity index (χ4v) is 2.90. The van der Waals surface area contributed by atoms with Crippen molar-refractivity contribution in [1.82, 2.24) is 15.0 Å². The van der Waals surface area contributed by atoms with Crippen molar-refractivity contribution in [2.45, 2.75) is 0 Å². The average molecular weight is 277 g/mol. The van der Waals surface area contributed by atoms with Crippen molar-refractivity contribution in [2.75, 3.05) is 0 Å². The highest BCUT2D eigenvalue weighted by Gasteiger charge is 2.10. The van der Waals surface area contributed by atoms with Crippen LogP contribution < -0.4 is 0 Å². The lowest BCUT2D eigenvalue weighted by atomic mass is 10.1. The van der Waals surface area contributed by atoms with E-state index in [0.29, 0.717) is 0 Å². The highest BCUT2D eigenvalue weighted by Crippen LogP contribution is 2.30. The van der Waals surface area contributed by atoms with E-state index in [9.17, 15) is 0 Å². The van der Waals surface area contributed by atoms with E-state index in [2.05, 4.69) is 38.5 Å². The molecule has 0 amide bonds. The molecule has 0 unspecified atom stereocenters. The van der Waals surface area contributed by atoms with Crippen molar-refractivity contribution in [3.05, 3.63) is 59.7 Å². The van der Waals surface area contributed by atoms with Gasteiger partial charge in [0.1, 0.15) is 5.65 Å². The van der Waals surface area contributed by atoms with Crippen LogP contribution in [-0.2, 0) is 0 Å². The Morgan fingerprint density at radius 1 is 1.00 bits per heavy atom. The van der Waals surface area contributed by atoms with Crippen molar-refractivity contribution in [3.8, 4) is 22.4 Å². The molecule has 3 heterocycles. The van der Waals surface area contributed by atoms with Gasteiger partial charge in [0.15, 0.2) is 0 Å². The molecule has 0 atom stereocenters. The molecule has 0 aliphatic rings. The molecule has 0 bridgehead atoms. The number of nitrogens with one attached hydrogen (secondary N) is 1. The topological polar surface area (TPSA) is 41.6 Å². The summed E-state index contributed by atoms with van der Waals surface area (Å²) in [4.78, 5) is 12.1. The second-order valence-corrected chi connectivity index (χ2v) is 5.28. The van der Waals surface area contributed by atoms with Crippen molar-refractivity contribution in [1.29, 1.82) is 0 Å². The lowest BCUT2D eigenvalue weighted by molar-refractivity contribution is 1.32. The van der Waals surface area contributed by atoms with E-state index in [4.69, 9.17) is 0 Å². The van der Waals surface area contributed by atoms with Crippen LogP contribution in [0.1, 0.15) is 0 Å². The van der Waals surface area contributed by atoms with Crippen LogP contribution in [0, 0.1) is 0 Å². The number of hydrogen-bond acceptors (Lipinski definition) is 3. The molecule has 0 saturated heterocycles. The molecule has 0 fully saturated rings. The Labute approximate surface area is 120 Å². The number of benzene rings is 1. The molecule has 0 aliphatic heterocycles. The number of H-pyrrole nitrogens is 1. The molecule has 3 aromatic heterocycles. The Balaban J connectivity index is 1.92. The lowest BCUT2D eigenvalue weighted by Gasteiger charge is -2.02. The SMILES string of the molecule is c1ccc(-c2cnc3[nH]cc(-c4cscn4)c3c2)cc1. The predicted octanol–water partition coefficient (Wildman–Crippen LogP) is 4.35. The summed E-state index contributed by atoms with van der Waals surface area (Å²) < 4.78 is 0. The Hall–Kier alpha value is -2.46. The first-order chi connectivity index (χ1) is 9.92. The summed E-state index contributed by atoms with van der Waals surface area (Å²) in [5.41, 5.74) is 7.14. The first-order valence-corrected chi connectivity index (χ1v) is 7.27. The van der Waals surface area contributed by atoms with E-state index in [0.717, 1.165) is 27.9 Å². The second kappa shape index (κ2) is 4.58. The zero-order chi connectivity index (χ0) is 13.4. The van der Waals surface area contributed by atoms with Gasteiger partial charge in [-0.05, 0) is 11.6 Å². The number of nitrogens with zero attached hydrogens (tertiary/aromatic N) is 2. The lowest BCUT2D eigenvalue weighted by Crippen LogP contribution is -1.82. The van der Waals surface area contributed by atoms with E-state index in [1.54, 1.807) is 11.3 Å². The Bertz CT molecular complexity index is 848. The predicted molar refractivity (Wildman–Crippen MR) is 82.6 cm³/mol. The molecule has 1 aromatic carbocycles. The van der Waals surface area contributed by atoms with E-state index < -0.39 is 0 Å². The van der Waals surface area contributed by atoms with Crippen LogP contribution in [0.15, 0.2) is 59.7 Å². The van der Waals surface area contributed by atoms with Crippen LogP contribution in [0.25, 0.3) is 33.4 Å². The maximum Gasteiger partial charge on any atom is 0.137 e. The summed E-state index contributed by atoms with van der Waals surface area (Å²) in [6.07, 6.45) is 3.88. The van der Waals surface area contributed by atoms with E-state index in [1.807, 2.05) is 36.1 Å². The normalized spacial score (nSPS) is 11.0. The largest absolute Gasteiger partial charge is 0.345 e. The highest BCUT2D eigenvalue weighted by molar-refractivity contribution is 7.07. The van der Waals surface area contributed by atoms with Crippen LogP contribution in [0.5, 0.6) is 0 Å². The van der Waals surface area contributed by atoms with E-state index in [1.165, 1.54) is 5.56 Å². The number of pyridine rings is 1. The molecule has 4 rings (SSSR count). The molecule has 4 heteroatoms. The van der Waals surface area contributed by atoms with Crippen LogP contribution in [0.4, 0.5) is 0 Å². The third-order valence-corrected chi connectivity index (χ3v) is 3.93. The van der Waals surface area contributed by atoms with Gasteiger partial charge in [0, 0.05) is 34.3 Å². The summed E-state index contributed by atoms with van der Waals surface area (Å²) in [7, 11) is 0. The molecule has 96 valence electrons. The quantitative estimate of drug-likeness (QED) is 0.591. The fraction of sp³-hybridized carbons (Fsp3) is 0. The third-order valence-electron chi connectivity index (χ3n) is 3.35. The van der Waals surface area contributed by atoms with Crippen LogP contribution in [-0.4, -0.2) is 15.0 Å². The van der Waals surface area contributed by atoms with Gasteiger partial charge in [-0.25, -0.2) is 9.97 Å². The van der Waals surface area contributed by atoms with Gasteiger partial charge in [-0.2, -0.15) is 0 Å². The van der Waals surface area contributed by atoms with Gasteiger partial charge in [-0.3, -0.25) is 0 Å². The van der Waals surface area contributed by atoms with Gasteiger partial charge in [0.05, 0.1) is 11.2 Å². The molecular weight excluding hydrogens is 266 g/mol. The first-order valence-electron chi connectivity index (χ1n) is 6.33.